The summed E-state index contributed by atoms with van der Waals surface area (Å²) >= 11 is 1.17. The first-order chi connectivity index (χ1) is 12.8. The second-order valence-electron chi connectivity index (χ2n) is 6.04. The summed E-state index contributed by atoms with van der Waals surface area (Å²) in [7, 11) is 1.26. The normalized spacial score (nSPS) is 12.0. The number of rotatable bonds is 4. The van der Waals surface area contributed by atoms with E-state index in [9.17, 15) is 19.1 Å². The smallest absolute Gasteiger partial charge is 0.341 e. The van der Waals surface area contributed by atoms with E-state index in [1.54, 1.807) is 31.2 Å². The molecular formula is C20H18FNO4S. The van der Waals surface area contributed by atoms with Gasteiger partial charge in [0.25, 0.3) is 0 Å². The van der Waals surface area contributed by atoms with Gasteiger partial charge in [0.2, 0.25) is 5.91 Å². The summed E-state index contributed by atoms with van der Waals surface area (Å²) in [5, 5.41) is 10.7. The summed E-state index contributed by atoms with van der Waals surface area (Å²) in [6.07, 6.45) is 0. The molecule has 5 nitrogen and oxygen atoms in total. The van der Waals surface area contributed by atoms with E-state index in [-0.39, 0.29) is 17.2 Å². The van der Waals surface area contributed by atoms with E-state index in [0.717, 1.165) is 0 Å². The lowest BCUT2D eigenvalue weighted by atomic mass is 10.1. The molecule has 1 amide bonds. The molecule has 0 radical (unpaired) electrons. The predicted octanol–water partition coefficient (Wildman–Crippen LogP) is 4.65. The Bertz CT molecular complexity index is 1030. The number of ether oxygens (including phenoxy) is 1. The molecule has 0 fully saturated rings. The number of benzene rings is 2. The van der Waals surface area contributed by atoms with Crippen LogP contribution in [0.1, 0.15) is 35.8 Å². The Morgan fingerprint density at radius 3 is 2.56 bits per heavy atom. The molecule has 0 saturated carbocycles. The zero-order chi connectivity index (χ0) is 19.7. The number of thiophene rings is 1. The summed E-state index contributed by atoms with van der Waals surface area (Å²) in [6, 6.07) is 10.1. The van der Waals surface area contributed by atoms with Crippen LogP contribution in [0.2, 0.25) is 0 Å². The lowest BCUT2D eigenvalue weighted by Crippen LogP contribution is -2.32. The minimum Gasteiger partial charge on any atom is -0.508 e. The van der Waals surface area contributed by atoms with Gasteiger partial charge in [0.1, 0.15) is 22.1 Å². The molecule has 1 heterocycles. The first-order valence-corrected chi connectivity index (χ1v) is 9.04. The topological polar surface area (TPSA) is 66.8 Å². The van der Waals surface area contributed by atoms with Crippen molar-refractivity contribution in [3.63, 3.8) is 0 Å². The zero-order valence-electron chi connectivity index (χ0n) is 15.0. The van der Waals surface area contributed by atoms with Gasteiger partial charge in [-0.1, -0.05) is 18.2 Å². The summed E-state index contributed by atoms with van der Waals surface area (Å²) in [6.45, 7) is 3.06. The quantitative estimate of drug-likeness (QED) is 0.662. The number of hydrogen-bond acceptors (Lipinski definition) is 5. The Morgan fingerprint density at radius 2 is 1.93 bits per heavy atom. The van der Waals surface area contributed by atoms with Gasteiger partial charge in [-0.05, 0) is 31.2 Å². The van der Waals surface area contributed by atoms with Gasteiger partial charge in [0.15, 0.2) is 0 Å². The van der Waals surface area contributed by atoms with E-state index in [4.69, 9.17) is 4.74 Å². The number of fused-ring (bicyclic) bond motifs is 1. The monoisotopic (exact) mass is 387 g/mol. The minimum atomic E-state index is -0.645. The van der Waals surface area contributed by atoms with Crippen LogP contribution >= 0.6 is 11.3 Å². The van der Waals surface area contributed by atoms with Gasteiger partial charge in [-0.25, -0.2) is 9.18 Å². The highest BCUT2D eigenvalue weighted by molar-refractivity contribution is 7.23. The molecule has 27 heavy (non-hydrogen) atoms. The number of phenolic OH excluding ortho intramolecular Hbond substituents is 1. The number of phenols is 1. The van der Waals surface area contributed by atoms with Gasteiger partial charge < -0.3 is 9.84 Å². The van der Waals surface area contributed by atoms with E-state index in [0.29, 0.717) is 20.7 Å². The lowest BCUT2D eigenvalue weighted by molar-refractivity contribution is -0.117. The molecule has 7 heteroatoms. The van der Waals surface area contributed by atoms with Crippen molar-refractivity contribution < 1.29 is 23.8 Å². The number of hydrogen-bond donors (Lipinski definition) is 1. The number of nitrogens with zero attached hydrogens (tertiary/aromatic N) is 1. The van der Waals surface area contributed by atoms with Crippen molar-refractivity contribution in [2.45, 2.75) is 19.9 Å². The molecule has 3 rings (SSSR count). The fourth-order valence-corrected chi connectivity index (χ4v) is 4.43. The van der Waals surface area contributed by atoms with Crippen LogP contribution < -0.4 is 4.90 Å². The van der Waals surface area contributed by atoms with Crippen molar-refractivity contribution in [3.05, 3.63) is 59.4 Å². The van der Waals surface area contributed by atoms with E-state index in [2.05, 4.69) is 0 Å². The molecule has 140 valence electrons. The summed E-state index contributed by atoms with van der Waals surface area (Å²) in [5.74, 6) is -1.33. The summed E-state index contributed by atoms with van der Waals surface area (Å²) < 4.78 is 19.8. The van der Waals surface area contributed by atoms with E-state index in [1.807, 2.05) is 0 Å². The number of halogens is 1. The maximum Gasteiger partial charge on any atom is 0.341 e. The maximum atomic E-state index is 14.3. The molecule has 3 aromatic rings. The minimum absolute atomic E-state index is 0.0447. The average molecular weight is 387 g/mol. The Morgan fingerprint density at radius 1 is 1.22 bits per heavy atom. The van der Waals surface area contributed by atoms with E-state index in [1.165, 1.54) is 48.5 Å². The number of anilines is 1. The number of methoxy groups -OCH3 is 1. The Balaban J connectivity index is 2.24. The van der Waals surface area contributed by atoms with Gasteiger partial charge in [-0.2, -0.15) is 0 Å². The van der Waals surface area contributed by atoms with Gasteiger partial charge in [-0.3, -0.25) is 9.69 Å². The molecule has 1 atom stereocenters. The number of esters is 1. The predicted molar refractivity (Wildman–Crippen MR) is 103 cm³/mol. The van der Waals surface area contributed by atoms with Crippen LogP contribution in [0.4, 0.5) is 9.39 Å². The second kappa shape index (κ2) is 7.36. The molecule has 0 aliphatic carbocycles. The number of amides is 1. The summed E-state index contributed by atoms with van der Waals surface area (Å²) in [5.41, 5.74) is 0.555. The standard InChI is InChI=1S/C20H18FNO4S/c1-11(14-6-4-5-7-16(14)21)22(12(2)23)19-18(20(25)26-3)15-9-8-13(24)10-17(15)27-19/h4-11,24H,1-3H3. The molecule has 2 aromatic carbocycles. The van der Waals surface area contributed by atoms with Gasteiger partial charge in [0, 0.05) is 22.6 Å². The van der Waals surface area contributed by atoms with Crippen LogP contribution in [0, 0.1) is 5.82 Å². The number of carbonyl (C=O) groups excluding carboxylic acids is 2. The zero-order valence-corrected chi connectivity index (χ0v) is 15.8. The Labute approximate surface area is 159 Å². The highest BCUT2D eigenvalue weighted by Crippen LogP contribution is 2.43. The van der Waals surface area contributed by atoms with Gasteiger partial charge >= 0.3 is 5.97 Å². The first kappa shape index (κ1) is 18.8. The fourth-order valence-electron chi connectivity index (χ4n) is 3.09. The van der Waals surface area contributed by atoms with Crippen molar-refractivity contribution in [1.82, 2.24) is 0 Å². The lowest BCUT2D eigenvalue weighted by Gasteiger charge is -2.28. The SMILES string of the molecule is COC(=O)c1c(N(C(C)=O)C(C)c2ccccc2F)sc2cc(O)ccc12. The Kier molecular flexibility index (Phi) is 5.14. The third-order valence-electron chi connectivity index (χ3n) is 4.35. The molecular weight excluding hydrogens is 369 g/mol. The van der Waals surface area contributed by atoms with Crippen molar-refractivity contribution in [1.29, 1.82) is 0 Å². The van der Waals surface area contributed by atoms with Crippen LogP contribution in [0.15, 0.2) is 42.5 Å². The Hall–Kier alpha value is -2.93. The third kappa shape index (κ3) is 3.38. The van der Waals surface area contributed by atoms with Crippen LogP contribution in [-0.2, 0) is 9.53 Å². The highest BCUT2D eigenvalue weighted by Gasteiger charge is 2.30. The molecule has 0 bridgehead atoms. The molecule has 1 unspecified atom stereocenters. The first-order valence-electron chi connectivity index (χ1n) is 8.23. The van der Waals surface area contributed by atoms with Crippen LogP contribution in [-0.4, -0.2) is 24.1 Å². The molecule has 1 aromatic heterocycles. The molecule has 0 aliphatic rings. The van der Waals surface area contributed by atoms with Crippen LogP contribution in [0.5, 0.6) is 5.75 Å². The van der Waals surface area contributed by atoms with Crippen molar-refractivity contribution >= 4 is 38.3 Å². The molecule has 0 aliphatic heterocycles. The van der Waals surface area contributed by atoms with Gasteiger partial charge in [-0.15, -0.1) is 11.3 Å². The second-order valence-corrected chi connectivity index (χ2v) is 7.07. The van der Waals surface area contributed by atoms with Crippen LogP contribution in [0.25, 0.3) is 10.1 Å². The summed E-state index contributed by atoms with van der Waals surface area (Å²) in [4.78, 5) is 26.3. The third-order valence-corrected chi connectivity index (χ3v) is 5.50. The van der Waals surface area contributed by atoms with Crippen molar-refractivity contribution in [2.75, 3.05) is 12.0 Å². The van der Waals surface area contributed by atoms with Crippen LogP contribution in [0.3, 0.4) is 0 Å². The van der Waals surface area contributed by atoms with E-state index < -0.39 is 17.8 Å². The molecule has 0 saturated heterocycles. The maximum absolute atomic E-state index is 14.3. The van der Waals surface area contributed by atoms with Gasteiger partial charge in [0.05, 0.1) is 13.2 Å². The van der Waals surface area contributed by atoms with Crippen molar-refractivity contribution in [3.8, 4) is 5.75 Å². The highest BCUT2D eigenvalue weighted by atomic mass is 32.1. The van der Waals surface area contributed by atoms with Crippen molar-refractivity contribution in [2.24, 2.45) is 0 Å². The fraction of sp³-hybridized carbons (Fsp3) is 0.200. The molecule has 1 N–H and O–H groups in total. The average Bonchev–Trinajstić information content (AvgIpc) is 2.98. The number of carbonyl (C=O) groups is 2. The van der Waals surface area contributed by atoms with E-state index >= 15 is 0 Å². The largest absolute Gasteiger partial charge is 0.508 e. The number of aromatic hydroxyl groups is 1. The molecule has 0 spiro atoms.